The fourth-order valence-corrected chi connectivity index (χ4v) is 3.62. The molecule has 0 saturated carbocycles. The van der Waals surface area contributed by atoms with Crippen LogP contribution in [0.4, 0.5) is 15.9 Å². The SMILES string of the molecule is CCCCn1c(N)c(N(CCC(C)C)C(=O)C2CC(c3cccc(F)c3)=NO2)c(=O)[nH]c1=O. The van der Waals surface area contributed by atoms with Crippen LogP contribution in [0.25, 0.3) is 0 Å². The lowest BCUT2D eigenvalue weighted by Crippen LogP contribution is -2.46. The van der Waals surface area contributed by atoms with E-state index in [-0.39, 0.29) is 30.4 Å². The molecule has 3 rings (SSSR count). The Morgan fingerprint density at radius 2 is 2.15 bits per heavy atom. The monoisotopic (exact) mass is 459 g/mol. The van der Waals surface area contributed by atoms with Crippen LogP contribution in [0.15, 0.2) is 39.0 Å². The lowest BCUT2D eigenvalue weighted by molar-refractivity contribution is -0.128. The van der Waals surface area contributed by atoms with Crippen LogP contribution in [0.3, 0.4) is 0 Å². The number of anilines is 2. The van der Waals surface area contributed by atoms with E-state index >= 15 is 0 Å². The molecule has 1 atom stereocenters. The van der Waals surface area contributed by atoms with E-state index in [1.165, 1.54) is 21.6 Å². The van der Waals surface area contributed by atoms with Crippen molar-refractivity contribution in [1.82, 2.24) is 9.55 Å². The van der Waals surface area contributed by atoms with Crippen molar-refractivity contribution in [2.45, 2.75) is 59.1 Å². The molecule has 0 bridgehead atoms. The summed E-state index contributed by atoms with van der Waals surface area (Å²) in [6.45, 7) is 6.50. The van der Waals surface area contributed by atoms with Crippen molar-refractivity contribution in [3.8, 4) is 0 Å². The Morgan fingerprint density at radius 1 is 1.39 bits per heavy atom. The van der Waals surface area contributed by atoms with Gasteiger partial charge in [0, 0.05) is 25.1 Å². The number of amides is 1. The number of nitrogens with zero attached hydrogens (tertiary/aromatic N) is 3. The van der Waals surface area contributed by atoms with Crippen molar-refractivity contribution >= 4 is 23.1 Å². The van der Waals surface area contributed by atoms with E-state index in [2.05, 4.69) is 10.1 Å². The number of carbonyl (C=O) groups is 1. The highest BCUT2D eigenvalue weighted by Gasteiger charge is 2.35. The quantitative estimate of drug-likeness (QED) is 0.597. The smallest absolute Gasteiger partial charge is 0.330 e. The molecule has 1 aliphatic rings. The molecular formula is C23H30FN5O4. The number of nitrogens with one attached hydrogen (secondary N) is 1. The van der Waals surface area contributed by atoms with Gasteiger partial charge in [-0.1, -0.05) is 44.5 Å². The van der Waals surface area contributed by atoms with Gasteiger partial charge in [0.25, 0.3) is 11.5 Å². The second-order valence-electron chi connectivity index (χ2n) is 8.52. The summed E-state index contributed by atoms with van der Waals surface area (Å²) in [7, 11) is 0. The minimum absolute atomic E-state index is 0.0569. The minimum atomic E-state index is -0.995. The van der Waals surface area contributed by atoms with Crippen LogP contribution in [0.2, 0.25) is 0 Å². The Morgan fingerprint density at radius 3 is 2.82 bits per heavy atom. The zero-order chi connectivity index (χ0) is 24.1. The molecule has 0 fully saturated rings. The first-order chi connectivity index (χ1) is 15.7. The maximum Gasteiger partial charge on any atom is 0.330 e. The number of hydrogen-bond donors (Lipinski definition) is 2. The average Bonchev–Trinajstić information content (AvgIpc) is 3.25. The fraction of sp³-hybridized carbons (Fsp3) is 0.478. The Kier molecular flexibility index (Phi) is 7.67. The Hall–Kier alpha value is -3.43. The zero-order valence-electron chi connectivity index (χ0n) is 19.1. The number of H-pyrrole nitrogens is 1. The van der Waals surface area contributed by atoms with Gasteiger partial charge in [0.1, 0.15) is 11.6 Å². The third-order valence-electron chi connectivity index (χ3n) is 5.52. The maximum absolute atomic E-state index is 13.6. The van der Waals surface area contributed by atoms with Crippen molar-refractivity contribution in [3.05, 3.63) is 56.5 Å². The van der Waals surface area contributed by atoms with Gasteiger partial charge in [-0.05, 0) is 30.9 Å². The molecule has 33 heavy (non-hydrogen) atoms. The van der Waals surface area contributed by atoms with E-state index in [1.807, 2.05) is 20.8 Å². The predicted octanol–water partition coefficient (Wildman–Crippen LogP) is 2.63. The number of halogens is 1. The largest absolute Gasteiger partial charge is 0.383 e. The maximum atomic E-state index is 13.6. The summed E-state index contributed by atoms with van der Waals surface area (Å²) in [5, 5.41) is 3.97. The topological polar surface area (TPSA) is 123 Å². The van der Waals surface area contributed by atoms with Gasteiger partial charge in [-0.3, -0.25) is 19.1 Å². The molecule has 1 aliphatic heterocycles. The molecule has 1 aromatic heterocycles. The van der Waals surface area contributed by atoms with E-state index in [1.54, 1.807) is 12.1 Å². The summed E-state index contributed by atoms with van der Waals surface area (Å²) in [6, 6.07) is 5.87. The molecule has 9 nitrogen and oxygen atoms in total. The third kappa shape index (κ3) is 5.50. The number of hydrogen-bond acceptors (Lipinski definition) is 6. The first-order valence-electron chi connectivity index (χ1n) is 11.2. The third-order valence-corrected chi connectivity index (χ3v) is 5.52. The molecule has 2 heterocycles. The molecule has 0 aliphatic carbocycles. The summed E-state index contributed by atoms with van der Waals surface area (Å²) >= 11 is 0. The zero-order valence-corrected chi connectivity index (χ0v) is 19.1. The number of nitrogen functional groups attached to an aromatic ring is 1. The van der Waals surface area contributed by atoms with Crippen LogP contribution in [-0.2, 0) is 16.2 Å². The van der Waals surface area contributed by atoms with Gasteiger partial charge in [0.2, 0.25) is 6.10 Å². The molecule has 0 radical (unpaired) electrons. The van der Waals surface area contributed by atoms with Crippen molar-refractivity contribution in [1.29, 1.82) is 0 Å². The van der Waals surface area contributed by atoms with Gasteiger partial charge in [-0.2, -0.15) is 0 Å². The first kappa shape index (κ1) is 24.2. The van der Waals surface area contributed by atoms with Gasteiger partial charge in [-0.25, -0.2) is 9.18 Å². The number of oxime groups is 1. The Bertz CT molecular complexity index is 1150. The lowest BCUT2D eigenvalue weighted by atomic mass is 10.0. The average molecular weight is 460 g/mol. The Balaban J connectivity index is 1.93. The number of unbranched alkanes of at least 4 members (excludes halogenated alkanes) is 1. The summed E-state index contributed by atoms with van der Waals surface area (Å²) in [5.74, 6) is -0.727. The van der Waals surface area contributed by atoms with E-state index in [4.69, 9.17) is 10.6 Å². The normalized spacial score (nSPS) is 15.4. The van der Waals surface area contributed by atoms with Crippen molar-refractivity contribution < 1.29 is 14.0 Å². The van der Waals surface area contributed by atoms with Crippen LogP contribution in [0.5, 0.6) is 0 Å². The minimum Gasteiger partial charge on any atom is -0.383 e. The molecule has 1 unspecified atom stereocenters. The number of benzene rings is 1. The molecule has 1 amide bonds. The summed E-state index contributed by atoms with van der Waals surface area (Å²) in [6.07, 6.45) is 1.24. The number of aromatic nitrogens is 2. The van der Waals surface area contributed by atoms with Gasteiger partial charge >= 0.3 is 5.69 Å². The molecule has 10 heteroatoms. The fourth-order valence-electron chi connectivity index (χ4n) is 3.62. The molecule has 178 valence electrons. The molecule has 3 N–H and O–H groups in total. The molecule has 0 spiro atoms. The highest BCUT2D eigenvalue weighted by molar-refractivity contribution is 6.07. The highest BCUT2D eigenvalue weighted by atomic mass is 19.1. The standard InChI is InChI=1S/C23H30FN5O4/c1-4-5-10-29-20(25)19(21(30)26-23(29)32)28(11-9-14(2)3)22(31)18-13-17(27-33-18)15-7-6-8-16(24)12-15/h6-8,12,14,18H,4-5,9-11,13,25H2,1-3H3,(H,26,30,32). The second kappa shape index (κ2) is 10.5. The molecule has 1 aromatic carbocycles. The summed E-state index contributed by atoms with van der Waals surface area (Å²) < 4.78 is 14.9. The van der Waals surface area contributed by atoms with Gasteiger partial charge in [0.15, 0.2) is 5.69 Å². The van der Waals surface area contributed by atoms with E-state index < -0.39 is 29.1 Å². The van der Waals surface area contributed by atoms with Crippen LogP contribution in [0, 0.1) is 11.7 Å². The van der Waals surface area contributed by atoms with Gasteiger partial charge < -0.3 is 15.5 Å². The van der Waals surface area contributed by atoms with E-state index in [9.17, 15) is 18.8 Å². The molecular weight excluding hydrogens is 429 g/mol. The number of nitrogens with two attached hydrogens (primary N) is 1. The number of aromatic amines is 1. The van der Waals surface area contributed by atoms with Gasteiger partial charge in [-0.15, -0.1) is 0 Å². The van der Waals surface area contributed by atoms with Crippen molar-refractivity contribution in [2.75, 3.05) is 17.2 Å². The summed E-state index contributed by atoms with van der Waals surface area (Å²) in [5.41, 5.74) is 5.79. The first-order valence-corrected chi connectivity index (χ1v) is 11.2. The Labute approximate surface area is 191 Å². The van der Waals surface area contributed by atoms with Crippen molar-refractivity contribution in [3.63, 3.8) is 0 Å². The van der Waals surface area contributed by atoms with E-state index in [0.717, 1.165) is 6.42 Å². The number of rotatable bonds is 9. The second-order valence-corrected chi connectivity index (χ2v) is 8.52. The lowest BCUT2D eigenvalue weighted by Gasteiger charge is -2.26. The highest BCUT2D eigenvalue weighted by Crippen LogP contribution is 2.24. The van der Waals surface area contributed by atoms with Crippen LogP contribution in [-0.4, -0.2) is 33.8 Å². The van der Waals surface area contributed by atoms with Crippen molar-refractivity contribution in [2.24, 2.45) is 11.1 Å². The summed E-state index contributed by atoms with van der Waals surface area (Å²) in [4.78, 5) is 47.5. The number of carbonyl (C=O) groups excluding carboxylic acids is 1. The van der Waals surface area contributed by atoms with Crippen LogP contribution in [0.1, 0.15) is 52.0 Å². The van der Waals surface area contributed by atoms with Crippen LogP contribution >= 0.6 is 0 Å². The molecule has 0 saturated heterocycles. The predicted molar refractivity (Wildman–Crippen MR) is 125 cm³/mol. The van der Waals surface area contributed by atoms with Crippen LogP contribution < -0.4 is 21.9 Å². The van der Waals surface area contributed by atoms with Gasteiger partial charge in [0.05, 0.1) is 5.71 Å². The van der Waals surface area contributed by atoms with E-state index in [0.29, 0.717) is 30.7 Å². The molecule has 2 aromatic rings.